The van der Waals surface area contributed by atoms with E-state index in [2.05, 4.69) is 43.0 Å². The van der Waals surface area contributed by atoms with E-state index in [1.165, 1.54) is 29.8 Å². The van der Waals surface area contributed by atoms with Crippen molar-refractivity contribution in [2.45, 2.75) is 58.2 Å². The van der Waals surface area contributed by atoms with Crippen LogP contribution < -0.4 is 25.4 Å². The maximum atomic E-state index is 10.9. The van der Waals surface area contributed by atoms with E-state index in [0.717, 1.165) is 69.9 Å². The number of ether oxygens (including phenoxy) is 2. The Labute approximate surface area is 293 Å². The number of rotatable bonds is 12. The van der Waals surface area contributed by atoms with Gasteiger partial charge in [-0.25, -0.2) is 0 Å². The van der Waals surface area contributed by atoms with Gasteiger partial charge in [-0.3, -0.25) is 25.1 Å². The number of piperidine rings is 2. The lowest BCUT2D eigenvalue weighted by Gasteiger charge is -2.32. The third-order valence-corrected chi connectivity index (χ3v) is 8.71. The van der Waals surface area contributed by atoms with Crippen molar-refractivity contribution in [3.05, 3.63) is 80.4 Å². The number of likely N-dealkylation sites (tertiary alicyclic amines) is 1. The molecule has 0 atom stereocenters. The third-order valence-electron chi connectivity index (χ3n) is 8.71. The second kappa shape index (κ2) is 16.5. The Morgan fingerprint density at radius 2 is 1.25 bits per heavy atom. The van der Waals surface area contributed by atoms with Crippen molar-refractivity contribution in [3.8, 4) is 11.5 Å². The molecule has 3 aromatic carbocycles. The number of nitrogens with one attached hydrogen (secondary N) is 3. The van der Waals surface area contributed by atoms with Gasteiger partial charge in [-0.05, 0) is 82.4 Å². The standard InChI is InChI=1S/C23H28N4O5.C12H14N4O3/c1-3-30-19-11-16(12-20(14-19)31-4-2)15-26-9-7-17(8-10-26)24-23-25-21-13-18(27(28)29)5-6-22(21)32-23;17-16(18)9-1-2-11-10(7-9)15-12(19-11)14-8-3-5-13-6-4-8/h5-6,11-14,17H,3-4,7-10,15H2,1-2H3,(H,24,25);1-2,7-8,13H,3-6H2,(H,14,15). The molecule has 0 amide bonds. The van der Waals surface area contributed by atoms with Crippen LogP contribution in [0, 0.1) is 20.2 Å². The first-order valence-electron chi connectivity index (χ1n) is 17.2. The smallest absolute Gasteiger partial charge is 0.295 e. The van der Waals surface area contributed by atoms with E-state index in [-0.39, 0.29) is 17.4 Å². The Morgan fingerprint density at radius 1 is 0.765 bits per heavy atom. The summed E-state index contributed by atoms with van der Waals surface area (Å²) >= 11 is 0. The molecule has 2 fully saturated rings. The van der Waals surface area contributed by atoms with Crippen molar-refractivity contribution >= 4 is 45.6 Å². The summed E-state index contributed by atoms with van der Waals surface area (Å²) in [7, 11) is 0. The normalized spacial score (nSPS) is 15.6. The number of non-ortho nitro benzene ring substituents is 2. The predicted molar refractivity (Wildman–Crippen MR) is 192 cm³/mol. The molecule has 2 aliphatic rings. The first kappa shape index (κ1) is 35.3. The molecule has 0 aliphatic carbocycles. The molecule has 0 saturated carbocycles. The number of nitro groups is 2. The molecule has 2 saturated heterocycles. The number of aromatic nitrogens is 2. The van der Waals surface area contributed by atoms with Gasteiger partial charge in [0.1, 0.15) is 22.5 Å². The van der Waals surface area contributed by atoms with Crippen molar-refractivity contribution in [3.63, 3.8) is 0 Å². The van der Waals surface area contributed by atoms with Crippen LogP contribution in [-0.2, 0) is 6.54 Å². The number of hydrogen-bond donors (Lipinski definition) is 3. The molecule has 0 bridgehead atoms. The van der Waals surface area contributed by atoms with E-state index in [4.69, 9.17) is 18.3 Å². The molecule has 2 aromatic heterocycles. The van der Waals surface area contributed by atoms with Crippen molar-refractivity contribution in [2.24, 2.45) is 0 Å². The Balaban J connectivity index is 0.000000200. The van der Waals surface area contributed by atoms with Crippen LogP contribution in [0.4, 0.5) is 23.4 Å². The van der Waals surface area contributed by atoms with E-state index in [1.807, 2.05) is 19.9 Å². The first-order chi connectivity index (χ1) is 24.8. The molecular formula is C35H42N8O8. The Kier molecular flexibility index (Phi) is 11.4. The lowest BCUT2D eigenvalue weighted by atomic mass is 10.0. The van der Waals surface area contributed by atoms with Crippen molar-refractivity contribution in [2.75, 3.05) is 50.0 Å². The molecule has 270 valence electrons. The zero-order valence-electron chi connectivity index (χ0n) is 28.6. The minimum atomic E-state index is -0.436. The van der Waals surface area contributed by atoms with Crippen LogP contribution in [0.25, 0.3) is 22.2 Å². The molecule has 51 heavy (non-hydrogen) atoms. The average Bonchev–Trinajstić information content (AvgIpc) is 3.72. The van der Waals surface area contributed by atoms with Crippen LogP contribution in [0.1, 0.15) is 45.1 Å². The molecule has 2 aliphatic heterocycles. The van der Waals surface area contributed by atoms with Gasteiger partial charge in [0, 0.05) is 62.0 Å². The highest BCUT2D eigenvalue weighted by Crippen LogP contribution is 2.28. The fourth-order valence-electron chi connectivity index (χ4n) is 6.21. The summed E-state index contributed by atoms with van der Waals surface area (Å²) in [5, 5.41) is 31.5. The highest BCUT2D eigenvalue weighted by molar-refractivity contribution is 5.78. The van der Waals surface area contributed by atoms with Crippen molar-refractivity contribution in [1.29, 1.82) is 0 Å². The van der Waals surface area contributed by atoms with Crippen LogP contribution in [0.2, 0.25) is 0 Å². The number of benzene rings is 3. The number of anilines is 2. The van der Waals surface area contributed by atoms with E-state index in [1.54, 1.807) is 12.1 Å². The SMILES string of the molecule is CCOc1cc(CN2CCC(Nc3nc4cc([N+](=O)[O-])ccc4o3)CC2)cc(OCC)c1.O=[N+]([O-])c1ccc2oc(NC3CCNCC3)nc2c1. The van der Waals surface area contributed by atoms with Crippen molar-refractivity contribution in [1.82, 2.24) is 20.2 Å². The summed E-state index contributed by atoms with van der Waals surface area (Å²) in [5.41, 5.74) is 3.29. The fraction of sp³-hybridized carbons (Fsp3) is 0.429. The summed E-state index contributed by atoms with van der Waals surface area (Å²) in [6, 6.07) is 16.4. The van der Waals surface area contributed by atoms with Gasteiger partial charge in [0.2, 0.25) is 0 Å². The number of oxazole rings is 2. The van der Waals surface area contributed by atoms with Gasteiger partial charge in [0.15, 0.2) is 11.2 Å². The van der Waals surface area contributed by atoms with Crippen LogP contribution in [-0.4, -0.2) is 76.2 Å². The number of nitro benzene ring substituents is 2. The number of fused-ring (bicyclic) bond motifs is 2. The second-order valence-electron chi connectivity index (χ2n) is 12.4. The van der Waals surface area contributed by atoms with Crippen molar-refractivity contribution < 1.29 is 28.2 Å². The summed E-state index contributed by atoms with van der Waals surface area (Å²) in [4.78, 5) is 31.8. The monoisotopic (exact) mass is 702 g/mol. The molecule has 3 N–H and O–H groups in total. The summed E-state index contributed by atoms with van der Waals surface area (Å²) in [6.07, 6.45) is 3.92. The predicted octanol–water partition coefficient (Wildman–Crippen LogP) is 6.51. The molecule has 7 rings (SSSR count). The maximum absolute atomic E-state index is 10.9. The fourth-order valence-corrected chi connectivity index (χ4v) is 6.21. The average molecular weight is 703 g/mol. The number of hydrogen-bond acceptors (Lipinski definition) is 14. The van der Waals surface area contributed by atoms with Gasteiger partial charge in [0.05, 0.1) is 23.1 Å². The Morgan fingerprint density at radius 3 is 1.73 bits per heavy atom. The zero-order chi connectivity index (χ0) is 35.7. The van der Waals surface area contributed by atoms with E-state index >= 15 is 0 Å². The molecule has 5 aromatic rings. The summed E-state index contributed by atoms with van der Waals surface area (Å²) in [5.74, 6) is 1.67. The highest BCUT2D eigenvalue weighted by atomic mass is 16.6. The number of nitrogens with zero attached hydrogens (tertiary/aromatic N) is 5. The Bertz CT molecular complexity index is 1920. The van der Waals surface area contributed by atoms with Crippen LogP contribution in [0.15, 0.2) is 63.4 Å². The molecule has 4 heterocycles. The van der Waals surface area contributed by atoms with Crippen LogP contribution in [0.3, 0.4) is 0 Å². The minimum absolute atomic E-state index is 0.00607. The van der Waals surface area contributed by atoms with Gasteiger partial charge in [-0.1, -0.05) is 0 Å². The van der Waals surface area contributed by atoms with Gasteiger partial charge in [-0.2, -0.15) is 9.97 Å². The largest absolute Gasteiger partial charge is 0.494 e. The Hall–Kier alpha value is -5.48. The van der Waals surface area contributed by atoms with Crippen LogP contribution >= 0.6 is 0 Å². The molecular weight excluding hydrogens is 660 g/mol. The second-order valence-corrected chi connectivity index (χ2v) is 12.4. The maximum Gasteiger partial charge on any atom is 0.295 e. The van der Waals surface area contributed by atoms with E-state index in [0.29, 0.717) is 53.5 Å². The van der Waals surface area contributed by atoms with Gasteiger partial charge in [-0.15, -0.1) is 0 Å². The zero-order valence-corrected chi connectivity index (χ0v) is 28.6. The van der Waals surface area contributed by atoms with Gasteiger partial charge in [0.25, 0.3) is 23.4 Å². The van der Waals surface area contributed by atoms with Gasteiger partial charge >= 0.3 is 0 Å². The lowest BCUT2D eigenvalue weighted by Crippen LogP contribution is -2.38. The molecule has 0 unspecified atom stereocenters. The summed E-state index contributed by atoms with van der Waals surface area (Å²) < 4.78 is 22.6. The van der Waals surface area contributed by atoms with Crippen LogP contribution in [0.5, 0.6) is 11.5 Å². The third kappa shape index (κ3) is 9.40. The molecule has 16 heteroatoms. The summed E-state index contributed by atoms with van der Waals surface area (Å²) in [6.45, 7) is 9.85. The van der Waals surface area contributed by atoms with E-state index < -0.39 is 9.85 Å². The lowest BCUT2D eigenvalue weighted by molar-refractivity contribution is -0.384. The quantitative estimate of drug-likeness (QED) is 0.0940. The first-order valence-corrected chi connectivity index (χ1v) is 17.2. The molecule has 0 radical (unpaired) electrons. The minimum Gasteiger partial charge on any atom is -0.494 e. The highest BCUT2D eigenvalue weighted by Gasteiger charge is 2.22. The van der Waals surface area contributed by atoms with Gasteiger partial charge < -0.3 is 34.3 Å². The topological polar surface area (TPSA) is 196 Å². The molecule has 16 nitrogen and oxygen atoms in total. The van der Waals surface area contributed by atoms with E-state index in [9.17, 15) is 20.2 Å². The molecule has 0 spiro atoms.